The molecule has 0 atom stereocenters. The Morgan fingerprint density at radius 3 is 2.16 bits per heavy atom. The standard InChI is InChI=1S/C34H29N3O6S/c1-42-29-16-15-22(20-30(29)43-2)19-28(36-31(38)23-9-4-3-5-10-23)32(39)35-24-11-8-12-25(21-24)44-18-17-37-33(40)26-13-6-7-14-27(26)34(37)41/h3-16,19-21H,17-18H2,1-2H3,(H,35,39)(H,36,38)/b28-19+. The van der Waals surface area contributed by atoms with E-state index in [0.717, 1.165) is 4.90 Å². The number of carbonyl (C=O) groups excluding carboxylic acids is 4. The maximum atomic E-state index is 13.5. The Morgan fingerprint density at radius 1 is 0.795 bits per heavy atom. The highest BCUT2D eigenvalue weighted by Crippen LogP contribution is 2.29. The van der Waals surface area contributed by atoms with Gasteiger partial charge < -0.3 is 20.1 Å². The lowest BCUT2D eigenvalue weighted by atomic mass is 10.1. The van der Waals surface area contributed by atoms with Crippen molar-refractivity contribution in [2.45, 2.75) is 4.90 Å². The molecule has 0 unspecified atom stereocenters. The number of ether oxygens (including phenoxy) is 2. The van der Waals surface area contributed by atoms with Gasteiger partial charge in [0, 0.05) is 28.4 Å². The van der Waals surface area contributed by atoms with Gasteiger partial charge in [-0.2, -0.15) is 0 Å². The third-order valence-corrected chi connectivity index (χ3v) is 7.78. The van der Waals surface area contributed by atoms with Crippen LogP contribution in [0.1, 0.15) is 36.6 Å². The zero-order valence-electron chi connectivity index (χ0n) is 24.0. The maximum Gasteiger partial charge on any atom is 0.272 e. The average molecular weight is 608 g/mol. The molecule has 2 N–H and O–H groups in total. The number of benzene rings is 4. The molecule has 9 nitrogen and oxygen atoms in total. The fraction of sp³-hybridized carbons (Fsp3) is 0.118. The van der Waals surface area contributed by atoms with Gasteiger partial charge in [-0.1, -0.05) is 42.5 Å². The van der Waals surface area contributed by atoms with Crippen molar-refractivity contribution in [2.75, 3.05) is 31.8 Å². The van der Waals surface area contributed by atoms with E-state index < -0.39 is 11.8 Å². The topological polar surface area (TPSA) is 114 Å². The van der Waals surface area contributed by atoms with Gasteiger partial charge in [0.1, 0.15) is 5.70 Å². The van der Waals surface area contributed by atoms with E-state index in [0.29, 0.717) is 45.2 Å². The van der Waals surface area contributed by atoms with E-state index in [1.54, 1.807) is 97.1 Å². The molecule has 222 valence electrons. The molecule has 0 radical (unpaired) electrons. The highest BCUT2D eigenvalue weighted by Gasteiger charge is 2.34. The molecule has 0 saturated carbocycles. The SMILES string of the molecule is COc1ccc(/C=C(/NC(=O)c2ccccc2)C(=O)Nc2cccc(SCCN3C(=O)c4ccccc4C3=O)c2)cc1OC. The van der Waals surface area contributed by atoms with Gasteiger partial charge in [-0.25, -0.2) is 0 Å². The Kier molecular flexibility index (Phi) is 9.41. The van der Waals surface area contributed by atoms with Crippen molar-refractivity contribution in [1.82, 2.24) is 10.2 Å². The van der Waals surface area contributed by atoms with E-state index in [-0.39, 0.29) is 24.1 Å². The number of fused-ring (bicyclic) bond motifs is 1. The Balaban J connectivity index is 1.29. The summed E-state index contributed by atoms with van der Waals surface area (Å²) in [6, 6.07) is 27.7. The summed E-state index contributed by atoms with van der Waals surface area (Å²) in [6.07, 6.45) is 1.55. The van der Waals surface area contributed by atoms with Crippen LogP contribution in [0, 0.1) is 0 Å². The van der Waals surface area contributed by atoms with Crippen LogP contribution in [0.5, 0.6) is 11.5 Å². The molecule has 0 fully saturated rings. The van der Waals surface area contributed by atoms with Crippen molar-refractivity contribution < 1.29 is 28.7 Å². The number of nitrogens with zero attached hydrogens (tertiary/aromatic N) is 1. The molecule has 1 aliphatic heterocycles. The van der Waals surface area contributed by atoms with Crippen molar-refractivity contribution in [2.24, 2.45) is 0 Å². The molecule has 0 aromatic heterocycles. The lowest BCUT2D eigenvalue weighted by Gasteiger charge is -2.14. The highest BCUT2D eigenvalue weighted by atomic mass is 32.2. The van der Waals surface area contributed by atoms with Crippen LogP contribution in [-0.4, -0.2) is 55.0 Å². The number of imide groups is 1. The monoisotopic (exact) mass is 607 g/mol. The van der Waals surface area contributed by atoms with Crippen LogP contribution in [0.15, 0.2) is 108 Å². The van der Waals surface area contributed by atoms with Gasteiger partial charge in [0.25, 0.3) is 23.6 Å². The fourth-order valence-corrected chi connectivity index (χ4v) is 5.51. The van der Waals surface area contributed by atoms with E-state index in [4.69, 9.17) is 9.47 Å². The number of carbonyl (C=O) groups is 4. The minimum Gasteiger partial charge on any atom is -0.493 e. The summed E-state index contributed by atoms with van der Waals surface area (Å²) in [5.41, 5.74) is 2.38. The molecule has 0 aliphatic carbocycles. The molecule has 5 rings (SSSR count). The minimum atomic E-state index is -0.530. The number of amides is 4. The zero-order valence-corrected chi connectivity index (χ0v) is 24.9. The first kappa shape index (κ1) is 30.1. The van der Waals surface area contributed by atoms with Crippen LogP contribution in [0.3, 0.4) is 0 Å². The smallest absolute Gasteiger partial charge is 0.272 e. The Hall–Kier alpha value is -5.35. The number of hydrogen-bond donors (Lipinski definition) is 2. The summed E-state index contributed by atoms with van der Waals surface area (Å²) in [4.78, 5) is 53.9. The highest BCUT2D eigenvalue weighted by molar-refractivity contribution is 7.99. The minimum absolute atomic E-state index is 0.0229. The summed E-state index contributed by atoms with van der Waals surface area (Å²) in [5.74, 6) is -0.0811. The first-order chi connectivity index (χ1) is 21.4. The summed E-state index contributed by atoms with van der Waals surface area (Å²) in [7, 11) is 3.05. The Bertz CT molecular complexity index is 1720. The molecule has 44 heavy (non-hydrogen) atoms. The van der Waals surface area contributed by atoms with E-state index in [9.17, 15) is 19.2 Å². The second-order valence-corrected chi connectivity index (χ2v) is 10.8. The molecular weight excluding hydrogens is 578 g/mol. The number of nitrogens with one attached hydrogen (secondary N) is 2. The lowest BCUT2D eigenvalue weighted by Crippen LogP contribution is -2.31. The van der Waals surface area contributed by atoms with E-state index in [1.807, 2.05) is 6.07 Å². The first-order valence-corrected chi connectivity index (χ1v) is 14.7. The lowest BCUT2D eigenvalue weighted by molar-refractivity contribution is -0.113. The van der Waals surface area contributed by atoms with Crippen LogP contribution >= 0.6 is 11.8 Å². The van der Waals surface area contributed by atoms with Gasteiger partial charge in [-0.15, -0.1) is 11.8 Å². The quantitative estimate of drug-likeness (QED) is 0.131. The van der Waals surface area contributed by atoms with Crippen molar-refractivity contribution >= 4 is 47.2 Å². The average Bonchev–Trinajstić information content (AvgIpc) is 3.29. The summed E-state index contributed by atoms with van der Waals surface area (Å²) < 4.78 is 10.7. The molecule has 10 heteroatoms. The normalized spacial score (nSPS) is 12.5. The van der Waals surface area contributed by atoms with Crippen molar-refractivity contribution in [3.8, 4) is 11.5 Å². The van der Waals surface area contributed by atoms with Crippen LogP contribution in [0.4, 0.5) is 5.69 Å². The van der Waals surface area contributed by atoms with Gasteiger partial charge in [0.2, 0.25) is 0 Å². The van der Waals surface area contributed by atoms with Gasteiger partial charge >= 0.3 is 0 Å². The Labute approximate surface area is 258 Å². The molecule has 1 heterocycles. The number of methoxy groups -OCH3 is 2. The Morgan fingerprint density at radius 2 is 1.48 bits per heavy atom. The zero-order chi connectivity index (χ0) is 31.1. The number of rotatable bonds is 11. The molecular formula is C34H29N3O6S. The van der Waals surface area contributed by atoms with Crippen LogP contribution in [-0.2, 0) is 4.79 Å². The van der Waals surface area contributed by atoms with E-state index >= 15 is 0 Å². The second-order valence-electron chi connectivity index (χ2n) is 9.63. The van der Waals surface area contributed by atoms with Gasteiger partial charge in [0.05, 0.1) is 25.3 Å². The second kappa shape index (κ2) is 13.7. The number of hydrogen-bond acceptors (Lipinski definition) is 7. The summed E-state index contributed by atoms with van der Waals surface area (Å²) in [6.45, 7) is 0.247. The summed E-state index contributed by atoms with van der Waals surface area (Å²) >= 11 is 1.45. The fourth-order valence-electron chi connectivity index (χ4n) is 4.61. The predicted octanol–water partition coefficient (Wildman–Crippen LogP) is 5.50. The molecule has 1 aliphatic rings. The maximum absolute atomic E-state index is 13.5. The molecule has 4 aromatic carbocycles. The number of anilines is 1. The summed E-state index contributed by atoms with van der Waals surface area (Å²) in [5, 5.41) is 5.59. The van der Waals surface area contributed by atoms with Crippen LogP contribution < -0.4 is 20.1 Å². The van der Waals surface area contributed by atoms with Crippen molar-refractivity contribution in [3.63, 3.8) is 0 Å². The molecule has 0 spiro atoms. The largest absolute Gasteiger partial charge is 0.493 e. The molecule has 4 amide bonds. The van der Waals surface area contributed by atoms with E-state index in [2.05, 4.69) is 10.6 Å². The van der Waals surface area contributed by atoms with Crippen LogP contribution in [0.2, 0.25) is 0 Å². The molecule has 4 aromatic rings. The third kappa shape index (κ3) is 6.82. The predicted molar refractivity (Wildman–Crippen MR) is 169 cm³/mol. The van der Waals surface area contributed by atoms with E-state index in [1.165, 1.54) is 30.9 Å². The third-order valence-electron chi connectivity index (χ3n) is 6.80. The molecule has 0 bridgehead atoms. The van der Waals surface area contributed by atoms with Gasteiger partial charge in [-0.3, -0.25) is 24.1 Å². The van der Waals surface area contributed by atoms with Crippen molar-refractivity contribution in [3.05, 3.63) is 125 Å². The van der Waals surface area contributed by atoms with Crippen LogP contribution in [0.25, 0.3) is 6.08 Å². The van der Waals surface area contributed by atoms with Crippen molar-refractivity contribution in [1.29, 1.82) is 0 Å². The van der Waals surface area contributed by atoms with Gasteiger partial charge in [-0.05, 0) is 66.2 Å². The van der Waals surface area contributed by atoms with Gasteiger partial charge in [0.15, 0.2) is 11.5 Å². The molecule has 0 saturated heterocycles. The first-order valence-electron chi connectivity index (χ1n) is 13.7. The number of thioether (sulfide) groups is 1.